The van der Waals surface area contributed by atoms with E-state index in [0.717, 1.165) is 64.5 Å². The Bertz CT molecular complexity index is 747. The summed E-state index contributed by atoms with van der Waals surface area (Å²) in [5.41, 5.74) is 0. The fourth-order valence-electron chi connectivity index (χ4n) is 7.48. The number of unbranched alkanes of at least 4 members (excludes halogenated alkanes) is 16. The minimum absolute atomic E-state index is 0.00478. The van der Waals surface area contributed by atoms with Crippen molar-refractivity contribution in [1.82, 2.24) is 4.90 Å². The van der Waals surface area contributed by atoms with Crippen LogP contribution < -0.4 is 0 Å². The van der Waals surface area contributed by atoms with Crippen LogP contribution in [0.25, 0.3) is 0 Å². The summed E-state index contributed by atoms with van der Waals surface area (Å²) in [6.07, 6.45) is 37.7. The van der Waals surface area contributed by atoms with Gasteiger partial charge in [0.1, 0.15) is 0 Å². The molecule has 0 saturated carbocycles. The van der Waals surface area contributed by atoms with Crippen LogP contribution in [-0.4, -0.2) is 75.0 Å². The molecule has 0 amide bonds. The Kier molecular flexibility index (Phi) is 46.4. The summed E-state index contributed by atoms with van der Waals surface area (Å²) in [6, 6.07) is 0. The summed E-state index contributed by atoms with van der Waals surface area (Å²) >= 11 is 0. The van der Waals surface area contributed by atoms with Crippen LogP contribution in [0.1, 0.15) is 233 Å². The van der Waals surface area contributed by atoms with Gasteiger partial charge in [0.05, 0.1) is 25.9 Å². The van der Waals surface area contributed by atoms with Gasteiger partial charge in [0.25, 0.3) is 6.47 Å². The van der Waals surface area contributed by atoms with E-state index in [9.17, 15) is 9.59 Å². The van der Waals surface area contributed by atoms with Gasteiger partial charge in [-0.25, -0.2) is 0 Å². The largest absolute Gasteiger partial charge is 0.483 e. The van der Waals surface area contributed by atoms with Crippen molar-refractivity contribution in [3.63, 3.8) is 0 Å². The molecule has 8 heteroatoms. The first-order valence-electron chi connectivity index (χ1n) is 23.9. The Hall–Kier alpha value is -1.67. The number of carboxylic acid groups (broad SMARTS) is 1. The molecule has 0 aliphatic carbocycles. The van der Waals surface area contributed by atoms with E-state index in [1.54, 1.807) is 0 Å². The molecule has 0 aliphatic heterocycles. The van der Waals surface area contributed by atoms with Crippen LogP contribution in [0.3, 0.4) is 0 Å². The number of nitrogens with zero attached hydrogens (tertiary/aromatic N) is 1. The van der Waals surface area contributed by atoms with Crippen LogP contribution in [0.15, 0.2) is 0 Å². The van der Waals surface area contributed by atoms with E-state index in [-0.39, 0.29) is 18.4 Å². The van der Waals surface area contributed by atoms with Gasteiger partial charge in [0, 0.05) is 19.4 Å². The molecule has 0 atom stereocenters. The van der Waals surface area contributed by atoms with Gasteiger partial charge in [-0.3, -0.25) is 14.4 Å². The van der Waals surface area contributed by atoms with Crippen LogP contribution >= 0.6 is 0 Å². The Labute approximate surface area is 347 Å². The van der Waals surface area contributed by atoms with Crippen molar-refractivity contribution in [2.75, 3.05) is 40.5 Å². The normalized spacial score (nSPS) is 11.4. The van der Waals surface area contributed by atoms with E-state index < -0.39 is 0 Å². The minimum Gasteiger partial charge on any atom is -0.483 e. The average molecular weight is 798 g/mol. The molecule has 0 spiro atoms. The fraction of sp³-hybridized carbons (Fsp3) is 0.938. The number of ether oxygens (including phenoxy) is 3. The first kappa shape index (κ1) is 56.4. The highest BCUT2D eigenvalue weighted by Crippen LogP contribution is 2.23. The molecule has 0 rings (SSSR count). The Morgan fingerprint density at radius 3 is 1.14 bits per heavy atom. The lowest BCUT2D eigenvalue weighted by atomic mass is 9.92. The van der Waals surface area contributed by atoms with Gasteiger partial charge >= 0.3 is 11.9 Å². The van der Waals surface area contributed by atoms with E-state index in [4.69, 9.17) is 24.1 Å². The maximum Gasteiger partial charge on any atom is 0.305 e. The molecule has 0 saturated heterocycles. The summed E-state index contributed by atoms with van der Waals surface area (Å²) in [4.78, 5) is 35.2. The zero-order chi connectivity index (χ0) is 41.7. The standard InChI is InChI=1S/C47H93NO5.CH2O2/c1-7-11-21-29-43(30-22-12-8-2)37-40-52-46(49)35-27-19-15-17-25-33-45(51-42-39-48(5)6)34-26-18-16-20-28-36-47(50)53-41-38-44(31-23-13-9-3)32-24-14-10-4;2-1-3/h43-45H,7-42H2,1-6H3;1H,(H,2,3). The lowest BCUT2D eigenvalue weighted by Crippen LogP contribution is -2.22. The van der Waals surface area contributed by atoms with E-state index >= 15 is 0 Å². The van der Waals surface area contributed by atoms with Crippen LogP contribution in [0.4, 0.5) is 0 Å². The third kappa shape index (κ3) is 43.5. The quantitative estimate of drug-likeness (QED) is 0.0370. The maximum atomic E-state index is 12.3. The molecule has 0 fully saturated rings. The van der Waals surface area contributed by atoms with Gasteiger partial charge < -0.3 is 24.2 Å². The van der Waals surface area contributed by atoms with Crippen molar-refractivity contribution in [2.24, 2.45) is 11.8 Å². The number of likely N-dealkylation sites (N-methyl/N-ethyl adjacent to an activating group) is 1. The van der Waals surface area contributed by atoms with Crippen LogP contribution in [0.5, 0.6) is 0 Å². The van der Waals surface area contributed by atoms with Gasteiger partial charge in [0.15, 0.2) is 0 Å². The van der Waals surface area contributed by atoms with E-state index in [1.165, 1.54) is 141 Å². The van der Waals surface area contributed by atoms with Crippen molar-refractivity contribution in [3.05, 3.63) is 0 Å². The molecule has 0 aromatic carbocycles. The Morgan fingerprint density at radius 1 is 0.482 bits per heavy atom. The number of carbonyl (C=O) groups excluding carboxylic acids is 2. The van der Waals surface area contributed by atoms with Gasteiger partial charge in [-0.1, -0.05) is 182 Å². The summed E-state index contributed by atoms with van der Waals surface area (Å²) in [5.74, 6) is 1.42. The molecule has 334 valence electrons. The predicted octanol–water partition coefficient (Wildman–Crippen LogP) is 13.5. The van der Waals surface area contributed by atoms with Crippen molar-refractivity contribution >= 4 is 18.4 Å². The van der Waals surface area contributed by atoms with Crippen LogP contribution in [0.2, 0.25) is 0 Å². The van der Waals surface area contributed by atoms with Crippen LogP contribution in [-0.2, 0) is 28.6 Å². The molecule has 0 aliphatic rings. The van der Waals surface area contributed by atoms with Gasteiger partial charge in [-0.05, 0) is 64.5 Å². The van der Waals surface area contributed by atoms with Gasteiger partial charge in [-0.15, -0.1) is 0 Å². The van der Waals surface area contributed by atoms with Crippen molar-refractivity contribution < 1.29 is 33.7 Å². The number of rotatable bonds is 42. The molecular formula is C48H95NO7. The third-order valence-electron chi connectivity index (χ3n) is 11.1. The molecule has 0 unspecified atom stereocenters. The number of esters is 2. The summed E-state index contributed by atoms with van der Waals surface area (Å²) in [7, 11) is 4.20. The summed E-state index contributed by atoms with van der Waals surface area (Å²) in [5, 5.41) is 6.89. The Balaban J connectivity index is 0. The molecular weight excluding hydrogens is 703 g/mol. The predicted molar refractivity (Wildman–Crippen MR) is 236 cm³/mol. The third-order valence-corrected chi connectivity index (χ3v) is 11.1. The molecule has 0 radical (unpaired) electrons. The van der Waals surface area contributed by atoms with E-state index in [1.807, 2.05) is 0 Å². The topological polar surface area (TPSA) is 102 Å². The van der Waals surface area contributed by atoms with E-state index in [2.05, 4.69) is 46.7 Å². The fourth-order valence-corrected chi connectivity index (χ4v) is 7.48. The van der Waals surface area contributed by atoms with Crippen molar-refractivity contribution in [3.8, 4) is 0 Å². The molecule has 56 heavy (non-hydrogen) atoms. The summed E-state index contributed by atoms with van der Waals surface area (Å²) in [6.45, 7) is 11.8. The minimum atomic E-state index is -0.250. The molecule has 0 bridgehead atoms. The molecule has 0 aromatic heterocycles. The highest BCUT2D eigenvalue weighted by Gasteiger charge is 2.13. The smallest absolute Gasteiger partial charge is 0.305 e. The molecule has 8 nitrogen and oxygen atoms in total. The van der Waals surface area contributed by atoms with E-state index in [0.29, 0.717) is 44.0 Å². The van der Waals surface area contributed by atoms with Crippen molar-refractivity contribution in [1.29, 1.82) is 0 Å². The number of carbonyl (C=O) groups is 3. The van der Waals surface area contributed by atoms with Gasteiger partial charge in [-0.2, -0.15) is 0 Å². The lowest BCUT2D eigenvalue weighted by Gasteiger charge is -2.19. The second-order valence-electron chi connectivity index (χ2n) is 16.7. The van der Waals surface area contributed by atoms with Crippen LogP contribution in [0, 0.1) is 11.8 Å². The zero-order valence-corrected chi connectivity index (χ0v) is 38.1. The molecule has 1 N–H and O–H groups in total. The SMILES string of the molecule is CCCCCC(CCCCC)CCOC(=O)CCCCCCCC(CCCCCCCC(=O)OCCC(CCCCC)CCCCC)OCCN(C)C.O=CO. The number of hydrogen-bond donors (Lipinski definition) is 1. The van der Waals surface area contributed by atoms with Gasteiger partial charge in [0.2, 0.25) is 0 Å². The zero-order valence-electron chi connectivity index (χ0n) is 38.1. The molecule has 0 aromatic rings. The average Bonchev–Trinajstić information content (AvgIpc) is 3.17. The highest BCUT2D eigenvalue weighted by molar-refractivity contribution is 5.69. The first-order chi connectivity index (χ1) is 27.3. The highest BCUT2D eigenvalue weighted by atomic mass is 16.5. The Morgan fingerprint density at radius 2 is 0.804 bits per heavy atom. The second kappa shape index (κ2) is 46.0. The number of hydrogen-bond acceptors (Lipinski definition) is 7. The second-order valence-corrected chi connectivity index (χ2v) is 16.7. The maximum absolute atomic E-state index is 12.3. The monoisotopic (exact) mass is 798 g/mol. The van der Waals surface area contributed by atoms with Crippen molar-refractivity contribution in [2.45, 2.75) is 239 Å². The lowest BCUT2D eigenvalue weighted by molar-refractivity contribution is -0.145. The molecule has 0 heterocycles. The first-order valence-corrected chi connectivity index (χ1v) is 23.9. The summed E-state index contributed by atoms with van der Waals surface area (Å²) < 4.78 is 17.6.